The summed E-state index contributed by atoms with van der Waals surface area (Å²) in [5, 5.41) is 0. The highest BCUT2D eigenvalue weighted by molar-refractivity contribution is 6.35. The van der Waals surface area contributed by atoms with Gasteiger partial charge in [-0.05, 0) is 31.2 Å². The van der Waals surface area contributed by atoms with E-state index < -0.39 is 35.0 Å². The monoisotopic (exact) mass is 388 g/mol. The Balaban J connectivity index is 1.70. The number of rotatable bonds is 5. The second-order valence-electron chi connectivity index (χ2n) is 6.18. The van der Waals surface area contributed by atoms with E-state index >= 15 is 0 Å². The highest BCUT2D eigenvalue weighted by Crippen LogP contribution is 2.35. The van der Waals surface area contributed by atoms with Gasteiger partial charge in [0.2, 0.25) is 0 Å². The predicted octanol–water partition coefficient (Wildman–Crippen LogP) is 2.99. The number of alkyl halides is 1. The Morgan fingerprint density at radius 3 is 2.07 bits per heavy atom. The summed E-state index contributed by atoms with van der Waals surface area (Å²) < 4.78 is 15.8. The molecule has 1 saturated heterocycles. The molecule has 3 unspecified atom stereocenters. The normalized spacial score (nSPS) is 24.1. The van der Waals surface area contributed by atoms with Crippen molar-refractivity contribution < 1.29 is 28.6 Å². The van der Waals surface area contributed by atoms with Crippen LogP contribution in [0.2, 0.25) is 0 Å². The van der Waals surface area contributed by atoms with Crippen LogP contribution in [0.25, 0.3) is 0 Å². The van der Waals surface area contributed by atoms with Gasteiger partial charge in [-0.15, -0.1) is 11.6 Å². The van der Waals surface area contributed by atoms with Gasteiger partial charge < -0.3 is 14.2 Å². The van der Waals surface area contributed by atoms with Crippen LogP contribution in [0.3, 0.4) is 0 Å². The first kappa shape index (κ1) is 18.9. The smallest absolute Gasteiger partial charge is 0.338 e. The van der Waals surface area contributed by atoms with Gasteiger partial charge >= 0.3 is 17.9 Å². The topological polar surface area (TPSA) is 78.9 Å². The van der Waals surface area contributed by atoms with Gasteiger partial charge in [0.25, 0.3) is 0 Å². The highest BCUT2D eigenvalue weighted by atomic mass is 35.5. The third-order valence-electron chi connectivity index (χ3n) is 4.16. The molecule has 2 aromatic rings. The van der Waals surface area contributed by atoms with E-state index in [9.17, 15) is 14.4 Å². The van der Waals surface area contributed by atoms with Gasteiger partial charge in [-0.1, -0.05) is 36.4 Å². The Kier molecular flexibility index (Phi) is 5.46. The minimum atomic E-state index is -1.58. The van der Waals surface area contributed by atoms with Gasteiger partial charge in [0.15, 0.2) is 17.1 Å². The fourth-order valence-electron chi connectivity index (χ4n) is 2.66. The van der Waals surface area contributed by atoms with E-state index in [-0.39, 0.29) is 6.61 Å². The van der Waals surface area contributed by atoms with Crippen LogP contribution in [0.1, 0.15) is 27.6 Å². The van der Waals surface area contributed by atoms with Gasteiger partial charge in [-0.2, -0.15) is 0 Å². The lowest BCUT2D eigenvalue weighted by Crippen LogP contribution is -2.43. The Bertz CT molecular complexity index is 834. The summed E-state index contributed by atoms with van der Waals surface area (Å²) in [6.07, 6.45) is -2.11. The molecule has 1 heterocycles. The predicted molar refractivity (Wildman–Crippen MR) is 96.5 cm³/mol. The third kappa shape index (κ3) is 4.11. The van der Waals surface area contributed by atoms with Crippen LogP contribution in [0.5, 0.6) is 0 Å². The van der Waals surface area contributed by atoms with Gasteiger partial charge in [0.05, 0.1) is 11.1 Å². The van der Waals surface area contributed by atoms with Crippen molar-refractivity contribution >= 4 is 29.5 Å². The molecule has 3 atom stereocenters. The zero-order valence-corrected chi connectivity index (χ0v) is 15.2. The molecule has 7 heteroatoms. The van der Waals surface area contributed by atoms with Crippen molar-refractivity contribution in [1.29, 1.82) is 0 Å². The molecule has 1 aliphatic rings. The van der Waals surface area contributed by atoms with Crippen LogP contribution in [-0.4, -0.2) is 41.6 Å². The summed E-state index contributed by atoms with van der Waals surface area (Å²) in [6, 6.07) is 16.7. The maximum atomic E-state index is 12.3. The molecule has 0 radical (unpaired) electrons. The van der Waals surface area contributed by atoms with Crippen LogP contribution < -0.4 is 0 Å². The second-order valence-corrected chi connectivity index (χ2v) is 6.96. The molecule has 1 fully saturated rings. The van der Waals surface area contributed by atoms with Crippen molar-refractivity contribution in [1.82, 2.24) is 0 Å². The number of hydrogen-bond donors (Lipinski definition) is 0. The largest absolute Gasteiger partial charge is 0.458 e. The standard InChI is InChI=1S/C20H17ClO6/c1-20(21)16(27-18(23)14-10-6-3-7-11-14)15(26-19(20)24)12-25-17(22)13-8-4-2-5-9-13/h2-11,15-16H,12H2,1H3. The molecular weight excluding hydrogens is 372 g/mol. The van der Waals surface area contributed by atoms with Crippen molar-refractivity contribution in [2.75, 3.05) is 6.61 Å². The van der Waals surface area contributed by atoms with E-state index in [4.69, 9.17) is 25.8 Å². The van der Waals surface area contributed by atoms with Crippen LogP contribution in [0.4, 0.5) is 0 Å². The first-order valence-electron chi connectivity index (χ1n) is 8.28. The van der Waals surface area contributed by atoms with Crippen LogP contribution in [-0.2, 0) is 19.0 Å². The highest BCUT2D eigenvalue weighted by Gasteiger charge is 2.56. The van der Waals surface area contributed by atoms with E-state index in [1.165, 1.54) is 6.92 Å². The summed E-state index contributed by atoms with van der Waals surface area (Å²) in [4.78, 5) is 34.9. The number of esters is 3. The molecule has 6 nitrogen and oxygen atoms in total. The van der Waals surface area contributed by atoms with Crippen molar-refractivity contribution in [3.8, 4) is 0 Å². The van der Waals surface area contributed by atoms with E-state index in [2.05, 4.69) is 0 Å². The number of benzene rings is 2. The minimum Gasteiger partial charge on any atom is -0.458 e. The zero-order valence-electron chi connectivity index (χ0n) is 14.5. The first-order chi connectivity index (χ1) is 12.9. The van der Waals surface area contributed by atoms with Gasteiger partial charge in [-0.25, -0.2) is 14.4 Å². The molecule has 0 aliphatic carbocycles. The molecule has 140 valence electrons. The number of cyclic esters (lactones) is 1. The van der Waals surface area contributed by atoms with Crippen molar-refractivity contribution in [3.63, 3.8) is 0 Å². The summed E-state index contributed by atoms with van der Waals surface area (Å²) in [5.74, 6) is -1.97. The summed E-state index contributed by atoms with van der Waals surface area (Å²) in [5.41, 5.74) is 0.664. The molecule has 0 bridgehead atoms. The van der Waals surface area contributed by atoms with Crippen molar-refractivity contribution in [3.05, 3.63) is 71.8 Å². The molecule has 1 aliphatic heterocycles. The molecule has 0 N–H and O–H groups in total. The number of carbonyl (C=O) groups excluding carboxylic acids is 3. The first-order valence-corrected chi connectivity index (χ1v) is 8.65. The zero-order chi connectivity index (χ0) is 19.4. The summed E-state index contributed by atoms with van der Waals surface area (Å²) in [7, 11) is 0. The Hall–Kier alpha value is -2.86. The summed E-state index contributed by atoms with van der Waals surface area (Å²) in [6.45, 7) is 1.12. The molecule has 27 heavy (non-hydrogen) atoms. The quantitative estimate of drug-likeness (QED) is 0.445. The van der Waals surface area contributed by atoms with E-state index in [1.54, 1.807) is 60.7 Å². The fraction of sp³-hybridized carbons (Fsp3) is 0.250. The molecule has 2 aromatic carbocycles. The average molecular weight is 389 g/mol. The molecular formula is C20H17ClO6. The summed E-state index contributed by atoms with van der Waals surface area (Å²) >= 11 is 6.25. The lowest BCUT2D eigenvalue weighted by atomic mass is 10.0. The SMILES string of the molecule is CC1(Cl)C(=O)OC(COC(=O)c2ccccc2)C1OC(=O)c1ccccc1. The number of carbonyl (C=O) groups is 3. The Morgan fingerprint density at radius 2 is 1.52 bits per heavy atom. The molecule has 0 spiro atoms. The van der Waals surface area contributed by atoms with E-state index in [0.29, 0.717) is 11.1 Å². The van der Waals surface area contributed by atoms with Crippen LogP contribution in [0, 0.1) is 0 Å². The van der Waals surface area contributed by atoms with Crippen LogP contribution >= 0.6 is 11.6 Å². The molecule has 0 amide bonds. The van der Waals surface area contributed by atoms with Gasteiger partial charge in [0, 0.05) is 0 Å². The average Bonchev–Trinajstić information content (AvgIpc) is 2.90. The molecule has 0 aromatic heterocycles. The van der Waals surface area contributed by atoms with E-state index in [0.717, 1.165) is 0 Å². The van der Waals surface area contributed by atoms with Crippen molar-refractivity contribution in [2.45, 2.75) is 24.0 Å². The van der Waals surface area contributed by atoms with Crippen LogP contribution in [0.15, 0.2) is 60.7 Å². The maximum absolute atomic E-state index is 12.3. The van der Waals surface area contributed by atoms with E-state index in [1.807, 2.05) is 0 Å². The number of ether oxygens (including phenoxy) is 3. The lowest BCUT2D eigenvalue weighted by molar-refractivity contribution is -0.144. The Labute approximate surface area is 161 Å². The fourth-order valence-corrected chi connectivity index (χ4v) is 2.89. The van der Waals surface area contributed by atoms with Crippen molar-refractivity contribution in [2.24, 2.45) is 0 Å². The third-order valence-corrected chi connectivity index (χ3v) is 4.53. The molecule has 0 saturated carbocycles. The second kappa shape index (κ2) is 7.80. The minimum absolute atomic E-state index is 0.283. The van der Waals surface area contributed by atoms with Gasteiger partial charge in [0.1, 0.15) is 6.61 Å². The molecule has 3 rings (SSSR count). The maximum Gasteiger partial charge on any atom is 0.338 e. The number of halogens is 1. The number of hydrogen-bond acceptors (Lipinski definition) is 6. The lowest BCUT2D eigenvalue weighted by Gasteiger charge is -2.23. The Morgan fingerprint density at radius 1 is 1.00 bits per heavy atom. The van der Waals surface area contributed by atoms with Gasteiger partial charge in [-0.3, -0.25) is 0 Å².